The topological polar surface area (TPSA) is 96.0 Å². The maximum Gasteiger partial charge on any atom is 0.222 e. The number of nitrogens with two attached hydrogens (primary N) is 1. The fourth-order valence-electron chi connectivity index (χ4n) is 1.82. The smallest absolute Gasteiger partial charge is 0.222 e. The fourth-order valence-corrected chi connectivity index (χ4v) is 1.82. The van der Waals surface area contributed by atoms with E-state index in [9.17, 15) is 9.90 Å². The zero-order valence-corrected chi connectivity index (χ0v) is 11.9. The molecule has 0 unspecified atom stereocenters. The number of aryl methyl sites for hydroxylation is 1. The summed E-state index contributed by atoms with van der Waals surface area (Å²) in [5, 5.41) is 18.5. The number of likely N-dealkylation sites (N-methyl/N-ethyl adjacent to an activating group) is 1. The number of rotatable bonds is 7. The van der Waals surface area contributed by atoms with Crippen molar-refractivity contribution in [3.63, 3.8) is 0 Å². The van der Waals surface area contributed by atoms with Gasteiger partial charge in [-0.3, -0.25) is 4.79 Å². The lowest BCUT2D eigenvalue weighted by molar-refractivity contribution is -0.130. The molecule has 1 rings (SSSR count). The van der Waals surface area contributed by atoms with Crippen LogP contribution in [0.3, 0.4) is 0 Å². The Kier molecular flexibility index (Phi) is 6.11. The molecule has 112 valence electrons. The Hall–Kier alpha value is -1.95. The maximum absolute atomic E-state index is 11.8. The molecule has 0 radical (unpaired) electrons. The Bertz CT molecular complexity index is 463. The number of nitrogen functional groups attached to an aromatic ring is 1. The SMILES string of the molecule is CCOc1cc(CCC(=O)N(C)CCO)cc(N)c1O. The second-order valence-corrected chi connectivity index (χ2v) is 4.50. The van der Waals surface area contributed by atoms with Gasteiger partial charge in [-0.25, -0.2) is 0 Å². The van der Waals surface area contributed by atoms with E-state index >= 15 is 0 Å². The first-order valence-corrected chi connectivity index (χ1v) is 6.58. The number of phenols is 1. The second kappa shape index (κ2) is 7.59. The van der Waals surface area contributed by atoms with Crippen LogP contribution in [-0.2, 0) is 11.2 Å². The number of phenolic OH excluding ortho intramolecular Hbond substituents is 1. The summed E-state index contributed by atoms with van der Waals surface area (Å²) in [6, 6.07) is 3.33. The van der Waals surface area contributed by atoms with E-state index in [2.05, 4.69) is 0 Å². The number of carbonyl (C=O) groups is 1. The quantitative estimate of drug-likeness (QED) is 0.507. The molecule has 0 aliphatic heterocycles. The van der Waals surface area contributed by atoms with Crippen molar-refractivity contribution in [3.8, 4) is 11.5 Å². The number of carbonyl (C=O) groups excluding carboxylic acids is 1. The summed E-state index contributed by atoms with van der Waals surface area (Å²) in [5.41, 5.74) is 6.77. The van der Waals surface area contributed by atoms with Gasteiger partial charge >= 0.3 is 0 Å². The van der Waals surface area contributed by atoms with E-state index in [1.807, 2.05) is 6.92 Å². The van der Waals surface area contributed by atoms with Crippen molar-refractivity contribution in [2.45, 2.75) is 19.8 Å². The average molecular weight is 282 g/mol. The van der Waals surface area contributed by atoms with Crippen LogP contribution in [0.2, 0.25) is 0 Å². The third-order valence-corrected chi connectivity index (χ3v) is 2.95. The summed E-state index contributed by atoms with van der Waals surface area (Å²) in [7, 11) is 1.65. The molecule has 0 aromatic heterocycles. The number of aromatic hydroxyl groups is 1. The fraction of sp³-hybridized carbons (Fsp3) is 0.500. The van der Waals surface area contributed by atoms with Crippen LogP contribution in [0.4, 0.5) is 5.69 Å². The van der Waals surface area contributed by atoms with Crippen LogP contribution in [0.5, 0.6) is 11.5 Å². The van der Waals surface area contributed by atoms with Crippen LogP contribution >= 0.6 is 0 Å². The summed E-state index contributed by atoms with van der Waals surface area (Å²) >= 11 is 0. The monoisotopic (exact) mass is 282 g/mol. The van der Waals surface area contributed by atoms with Gasteiger partial charge in [-0.1, -0.05) is 0 Å². The molecule has 0 aliphatic carbocycles. The summed E-state index contributed by atoms with van der Waals surface area (Å²) in [5.74, 6) is 0.210. The summed E-state index contributed by atoms with van der Waals surface area (Å²) in [4.78, 5) is 13.3. The van der Waals surface area contributed by atoms with Crippen LogP contribution in [0.25, 0.3) is 0 Å². The Morgan fingerprint density at radius 1 is 1.45 bits per heavy atom. The van der Waals surface area contributed by atoms with E-state index < -0.39 is 0 Å². The van der Waals surface area contributed by atoms with Crippen molar-refractivity contribution in [1.82, 2.24) is 4.90 Å². The minimum absolute atomic E-state index is 0.0522. The van der Waals surface area contributed by atoms with Gasteiger partial charge in [0.1, 0.15) is 0 Å². The molecule has 0 bridgehead atoms. The van der Waals surface area contributed by atoms with Gasteiger partial charge in [0.2, 0.25) is 5.91 Å². The Balaban J connectivity index is 2.71. The normalized spacial score (nSPS) is 10.3. The second-order valence-electron chi connectivity index (χ2n) is 4.50. The molecule has 0 atom stereocenters. The molecular formula is C14H22N2O4. The molecule has 0 heterocycles. The third kappa shape index (κ3) is 4.31. The van der Waals surface area contributed by atoms with Crippen molar-refractivity contribution >= 4 is 11.6 Å². The van der Waals surface area contributed by atoms with E-state index in [-0.39, 0.29) is 24.0 Å². The summed E-state index contributed by atoms with van der Waals surface area (Å²) in [6.07, 6.45) is 0.811. The van der Waals surface area contributed by atoms with Crippen LogP contribution in [-0.4, -0.2) is 47.8 Å². The van der Waals surface area contributed by atoms with Crippen LogP contribution in [0.15, 0.2) is 12.1 Å². The van der Waals surface area contributed by atoms with Crippen molar-refractivity contribution in [3.05, 3.63) is 17.7 Å². The van der Waals surface area contributed by atoms with E-state index in [1.54, 1.807) is 19.2 Å². The molecule has 0 saturated heterocycles. The Labute approximate surface area is 118 Å². The maximum atomic E-state index is 11.8. The number of ether oxygens (including phenoxy) is 1. The summed E-state index contributed by atoms with van der Waals surface area (Å²) in [6.45, 7) is 2.51. The number of aliphatic hydroxyl groups is 1. The van der Waals surface area contributed by atoms with Gasteiger partial charge in [0.25, 0.3) is 0 Å². The predicted molar refractivity (Wildman–Crippen MR) is 76.7 cm³/mol. The summed E-state index contributed by atoms with van der Waals surface area (Å²) < 4.78 is 5.29. The molecule has 0 aliphatic rings. The Morgan fingerprint density at radius 3 is 2.75 bits per heavy atom. The molecule has 1 aromatic carbocycles. The lowest BCUT2D eigenvalue weighted by Crippen LogP contribution is -2.29. The van der Waals surface area contributed by atoms with Crippen LogP contribution in [0.1, 0.15) is 18.9 Å². The first-order valence-electron chi connectivity index (χ1n) is 6.58. The first-order chi connectivity index (χ1) is 9.49. The highest BCUT2D eigenvalue weighted by Crippen LogP contribution is 2.34. The molecule has 1 aromatic rings. The number of benzene rings is 1. The van der Waals surface area contributed by atoms with Gasteiger partial charge in [0.05, 0.1) is 18.9 Å². The highest BCUT2D eigenvalue weighted by molar-refractivity contribution is 5.76. The average Bonchev–Trinajstić information content (AvgIpc) is 2.41. The van der Waals surface area contributed by atoms with Gasteiger partial charge in [0, 0.05) is 20.0 Å². The zero-order chi connectivity index (χ0) is 15.1. The molecule has 6 heteroatoms. The predicted octanol–water partition coefficient (Wildman–Crippen LogP) is 0.756. The molecular weight excluding hydrogens is 260 g/mol. The standard InChI is InChI=1S/C14H22N2O4/c1-3-20-12-9-10(8-11(15)14(12)19)4-5-13(18)16(2)6-7-17/h8-9,17,19H,3-7,15H2,1-2H3. The van der Waals surface area contributed by atoms with Crippen molar-refractivity contribution in [1.29, 1.82) is 0 Å². The van der Waals surface area contributed by atoms with Crippen molar-refractivity contribution in [2.75, 3.05) is 32.5 Å². The van der Waals surface area contributed by atoms with E-state index in [0.717, 1.165) is 5.56 Å². The minimum Gasteiger partial charge on any atom is -0.503 e. The number of amides is 1. The van der Waals surface area contributed by atoms with Crippen molar-refractivity contribution in [2.24, 2.45) is 0 Å². The lowest BCUT2D eigenvalue weighted by Gasteiger charge is -2.16. The minimum atomic E-state index is -0.0701. The van der Waals surface area contributed by atoms with Gasteiger partial charge < -0.3 is 25.6 Å². The van der Waals surface area contributed by atoms with Gasteiger partial charge in [0.15, 0.2) is 11.5 Å². The van der Waals surface area contributed by atoms with Gasteiger partial charge in [-0.05, 0) is 31.0 Å². The molecule has 6 nitrogen and oxygen atoms in total. The largest absolute Gasteiger partial charge is 0.503 e. The third-order valence-electron chi connectivity index (χ3n) is 2.95. The van der Waals surface area contributed by atoms with Crippen LogP contribution < -0.4 is 10.5 Å². The molecule has 0 saturated carbocycles. The highest BCUT2D eigenvalue weighted by atomic mass is 16.5. The molecule has 20 heavy (non-hydrogen) atoms. The highest BCUT2D eigenvalue weighted by Gasteiger charge is 2.12. The van der Waals surface area contributed by atoms with Crippen molar-refractivity contribution < 1.29 is 19.7 Å². The number of nitrogens with zero attached hydrogens (tertiary/aromatic N) is 1. The van der Waals surface area contributed by atoms with E-state index in [0.29, 0.717) is 31.7 Å². The van der Waals surface area contributed by atoms with Gasteiger partial charge in [-0.15, -0.1) is 0 Å². The van der Waals surface area contributed by atoms with Crippen LogP contribution in [0, 0.1) is 0 Å². The van der Waals surface area contributed by atoms with E-state index in [1.165, 1.54) is 4.90 Å². The number of hydrogen-bond donors (Lipinski definition) is 3. The lowest BCUT2D eigenvalue weighted by atomic mass is 10.1. The number of anilines is 1. The zero-order valence-electron chi connectivity index (χ0n) is 11.9. The number of aliphatic hydroxyl groups excluding tert-OH is 1. The Morgan fingerprint density at radius 2 is 2.15 bits per heavy atom. The van der Waals surface area contributed by atoms with E-state index in [4.69, 9.17) is 15.6 Å². The molecule has 4 N–H and O–H groups in total. The molecule has 1 amide bonds. The number of hydrogen-bond acceptors (Lipinski definition) is 5. The molecule has 0 spiro atoms. The molecule has 0 fully saturated rings. The first kappa shape index (κ1) is 16.1. The van der Waals surface area contributed by atoms with Gasteiger partial charge in [-0.2, -0.15) is 0 Å².